The van der Waals surface area contributed by atoms with Crippen molar-refractivity contribution >= 4 is 40.5 Å². The Labute approximate surface area is 156 Å². The summed E-state index contributed by atoms with van der Waals surface area (Å²) in [6, 6.07) is 9.73. The highest BCUT2D eigenvalue weighted by Crippen LogP contribution is 2.37. The van der Waals surface area contributed by atoms with Crippen LogP contribution >= 0.6 is 23.2 Å². The number of carbonyl (C=O) groups excluding carboxylic acids is 1. The van der Waals surface area contributed by atoms with Gasteiger partial charge in [0.1, 0.15) is 5.70 Å². The van der Waals surface area contributed by atoms with Crippen LogP contribution in [-0.2, 0) is 11.2 Å². The summed E-state index contributed by atoms with van der Waals surface area (Å²) in [6.45, 7) is 4.71. The zero-order valence-electron chi connectivity index (χ0n) is 13.9. The lowest BCUT2D eigenvalue weighted by molar-refractivity contribution is -0.117. The topological polar surface area (TPSA) is 44.4 Å². The molecule has 0 spiro atoms. The van der Waals surface area contributed by atoms with E-state index in [0.717, 1.165) is 28.1 Å². The SMILES string of the molecule is Cc1ccc(N2CC3=C(Nc4cc(Cl)cc(Cl)c4C3)C(=O)N2)c(C)c1. The van der Waals surface area contributed by atoms with Gasteiger partial charge >= 0.3 is 0 Å². The summed E-state index contributed by atoms with van der Waals surface area (Å²) >= 11 is 12.4. The fourth-order valence-electron chi connectivity index (χ4n) is 3.43. The minimum atomic E-state index is -0.150. The first-order valence-corrected chi connectivity index (χ1v) is 8.80. The number of hydrazine groups is 1. The van der Waals surface area contributed by atoms with Crippen LogP contribution in [0.3, 0.4) is 0 Å². The van der Waals surface area contributed by atoms with E-state index in [4.69, 9.17) is 23.2 Å². The van der Waals surface area contributed by atoms with Crippen molar-refractivity contribution in [2.24, 2.45) is 0 Å². The van der Waals surface area contributed by atoms with Crippen molar-refractivity contribution < 1.29 is 4.79 Å². The van der Waals surface area contributed by atoms with Gasteiger partial charge in [0, 0.05) is 22.2 Å². The van der Waals surface area contributed by atoms with Crippen molar-refractivity contribution in [2.75, 3.05) is 16.9 Å². The summed E-state index contributed by atoms with van der Waals surface area (Å²) in [4.78, 5) is 12.6. The molecule has 0 aromatic heterocycles. The summed E-state index contributed by atoms with van der Waals surface area (Å²) < 4.78 is 0. The fourth-order valence-corrected chi connectivity index (χ4v) is 3.99. The minimum Gasteiger partial charge on any atom is -0.351 e. The molecule has 0 unspecified atom stereocenters. The van der Waals surface area contributed by atoms with E-state index >= 15 is 0 Å². The van der Waals surface area contributed by atoms with E-state index < -0.39 is 0 Å². The molecule has 0 fully saturated rings. The van der Waals surface area contributed by atoms with Crippen LogP contribution < -0.4 is 15.8 Å². The molecule has 2 aliphatic heterocycles. The van der Waals surface area contributed by atoms with E-state index in [1.807, 2.05) is 24.1 Å². The van der Waals surface area contributed by atoms with Crippen LogP contribution in [-0.4, -0.2) is 12.5 Å². The van der Waals surface area contributed by atoms with Crippen LogP contribution in [0.25, 0.3) is 0 Å². The molecule has 2 N–H and O–H groups in total. The molecule has 0 bridgehead atoms. The van der Waals surface area contributed by atoms with E-state index in [-0.39, 0.29) is 5.91 Å². The van der Waals surface area contributed by atoms with Crippen LogP contribution in [0.5, 0.6) is 0 Å². The molecule has 1 amide bonds. The number of hydrogen-bond acceptors (Lipinski definition) is 3. The highest BCUT2D eigenvalue weighted by atomic mass is 35.5. The summed E-state index contributed by atoms with van der Waals surface area (Å²) in [5.41, 5.74) is 9.65. The number of nitrogens with one attached hydrogen (secondary N) is 2. The van der Waals surface area contributed by atoms with Crippen LogP contribution in [0.15, 0.2) is 41.6 Å². The van der Waals surface area contributed by atoms with Crippen LogP contribution in [0.2, 0.25) is 10.0 Å². The van der Waals surface area contributed by atoms with Gasteiger partial charge in [-0.25, -0.2) is 0 Å². The number of anilines is 2. The first kappa shape index (κ1) is 16.3. The van der Waals surface area contributed by atoms with Crippen LogP contribution in [0.1, 0.15) is 16.7 Å². The largest absolute Gasteiger partial charge is 0.351 e. The van der Waals surface area contributed by atoms with Gasteiger partial charge in [-0.15, -0.1) is 0 Å². The molecule has 4 rings (SSSR count). The van der Waals surface area contributed by atoms with Gasteiger partial charge in [0.05, 0.1) is 12.2 Å². The lowest BCUT2D eigenvalue weighted by Crippen LogP contribution is -2.51. The Balaban J connectivity index is 1.69. The number of aryl methyl sites for hydroxylation is 2. The quantitative estimate of drug-likeness (QED) is 0.779. The number of carbonyl (C=O) groups is 1. The van der Waals surface area contributed by atoms with Gasteiger partial charge in [-0.05, 0) is 48.7 Å². The first-order chi connectivity index (χ1) is 11.9. The third-order valence-electron chi connectivity index (χ3n) is 4.62. The Morgan fingerprint density at radius 2 is 1.92 bits per heavy atom. The Morgan fingerprint density at radius 3 is 2.68 bits per heavy atom. The van der Waals surface area contributed by atoms with E-state index in [1.54, 1.807) is 12.1 Å². The van der Waals surface area contributed by atoms with E-state index in [2.05, 4.69) is 23.7 Å². The molecule has 2 aromatic carbocycles. The fraction of sp³-hybridized carbons (Fsp3) is 0.211. The van der Waals surface area contributed by atoms with Gasteiger partial charge in [-0.3, -0.25) is 15.2 Å². The third-order valence-corrected chi connectivity index (χ3v) is 5.17. The Morgan fingerprint density at radius 1 is 1.12 bits per heavy atom. The van der Waals surface area contributed by atoms with Crippen molar-refractivity contribution in [3.8, 4) is 0 Å². The molecule has 128 valence electrons. The van der Waals surface area contributed by atoms with E-state index in [9.17, 15) is 4.79 Å². The van der Waals surface area contributed by atoms with Crippen molar-refractivity contribution in [3.63, 3.8) is 0 Å². The first-order valence-electron chi connectivity index (χ1n) is 8.05. The number of fused-ring (bicyclic) bond motifs is 1. The minimum absolute atomic E-state index is 0.150. The molecule has 0 radical (unpaired) electrons. The second-order valence-electron chi connectivity index (χ2n) is 6.51. The summed E-state index contributed by atoms with van der Waals surface area (Å²) in [5.74, 6) is -0.150. The third kappa shape index (κ3) is 2.86. The molecule has 2 aliphatic rings. The molecule has 6 heteroatoms. The maximum Gasteiger partial charge on any atom is 0.286 e. The monoisotopic (exact) mass is 373 g/mol. The standard InChI is InChI=1S/C19H17Cl2N3O/c1-10-3-4-17(11(2)5-10)24-9-12-6-14-15(21)7-13(20)8-16(14)22-18(12)19(25)23-24/h3-5,7-8,22H,6,9H2,1-2H3,(H,23,25). The zero-order chi connectivity index (χ0) is 17.7. The average Bonchev–Trinajstić information content (AvgIpc) is 2.54. The van der Waals surface area contributed by atoms with Crippen molar-refractivity contribution in [1.29, 1.82) is 0 Å². The molecule has 0 aliphatic carbocycles. The van der Waals surface area contributed by atoms with Gasteiger partial charge in [-0.2, -0.15) is 0 Å². The second-order valence-corrected chi connectivity index (χ2v) is 7.35. The van der Waals surface area contributed by atoms with Crippen LogP contribution in [0, 0.1) is 13.8 Å². The lowest BCUT2D eigenvalue weighted by Gasteiger charge is -2.36. The number of rotatable bonds is 1. The molecule has 2 aromatic rings. The molecule has 0 atom stereocenters. The van der Waals surface area contributed by atoms with Gasteiger partial charge in [0.15, 0.2) is 0 Å². The number of halogens is 2. The van der Waals surface area contributed by atoms with Crippen LogP contribution in [0.4, 0.5) is 11.4 Å². The summed E-state index contributed by atoms with van der Waals surface area (Å²) in [7, 11) is 0. The molecule has 2 heterocycles. The Bertz CT molecular complexity index is 937. The molecule has 0 saturated carbocycles. The average molecular weight is 374 g/mol. The highest BCUT2D eigenvalue weighted by molar-refractivity contribution is 6.35. The molecular weight excluding hydrogens is 357 g/mol. The zero-order valence-corrected chi connectivity index (χ0v) is 15.4. The molecular formula is C19H17Cl2N3O. The molecule has 0 saturated heterocycles. The van der Waals surface area contributed by atoms with Crippen molar-refractivity contribution in [3.05, 3.63) is 68.3 Å². The smallest absolute Gasteiger partial charge is 0.286 e. The van der Waals surface area contributed by atoms with E-state index in [1.165, 1.54) is 5.56 Å². The maximum atomic E-state index is 12.6. The Hall–Kier alpha value is -2.17. The van der Waals surface area contributed by atoms with E-state index in [0.29, 0.717) is 28.7 Å². The second kappa shape index (κ2) is 5.97. The number of amides is 1. The highest BCUT2D eigenvalue weighted by Gasteiger charge is 2.31. The van der Waals surface area contributed by atoms with Gasteiger partial charge in [0.2, 0.25) is 0 Å². The van der Waals surface area contributed by atoms with Gasteiger partial charge in [-0.1, -0.05) is 40.9 Å². The van der Waals surface area contributed by atoms with Crippen molar-refractivity contribution in [1.82, 2.24) is 5.43 Å². The Kier molecular flexibility index (Phi) is 3.89. The molecule has 25 heavy (non-hydrogen) atoms. The number of benzene rings is 2. The normalized spacial score (nSPS) is 16.2. The molecule has 4 nitrogen and oxygen atoms in total. The maximum absolute atomic E-state index is 12.6. The summed E-state index contributed by atoms with van der Waals surface area (Å²) in [6.07, 6.45) is 0.627. The predicted molar refractivity (Wildman–Crippen MR) is 102 cm³/mol. The number of nitrogens with zero attached hydrogens (tertiary/aromatic N) is 1. The van der Waals surface area contributed by atoms with Gasteiger partial charge < -0.3 is 5.32 Å². The lowest BCUT2D eigenvalue weighted by atomic mass is 9.95. The van der Waals surface area contributed by atoms with Crippen molar-refractivity contribution in [2.45, 2.75) is 20.3 Å². The predicted octanol–water partition coefficient (Wildman–Crippen LogP) is 4.38. The summed E-state index contributed by atoms with van der Waals surface area (Å²) in [5, 5.41) is 6.26. The van der Waals surface area contributed by atoms with Gasteiger partial charge in [0.25, 0.3) is 5.91 Å². The number of hydrogen-bond donors (Lipinski definition) is 2.